The zero-order chi connectivity index (χ0) is 41.4. The van der Waals surface area contributed by atoms with Crippen LogP contribution in [0.1, 0.15) is 105 Å². The predicted octanol–water partition coefficient (Wildman–Crippen LogP) is 5.26. The number of carbonyl (C=O) groups excluding carboxylic acids is 2. The molecule has 2 bridgehead atoms. The van der Waals surface area contributed by atoms with E-state index in [1.165, 1.54) is 19.3 Å². The number of rotatable bonds is 5. The molecule has 0 radical (unpaired) electrons. The summed E-state index contributed by atoms with van der Waals surface area (Å²) >= 11 is 0. The van der Waals surface area contributed by atoms with Crippen molar-refractivity contribution in [1.29, 1.82) is 0 Å². The van der Waals surface area contributed by atoms with Crippen LogP contribution >= 0.6 is 0 Å². The van der Waals surface area contributed by atoms with Gasteiger partial charge >= 0.3 is 12.0 Å². The average molecular weight is 812 g/mol. The highest BCUT2D eigenvalue weighted by atomic mass is 16.7. The number of amides is 2. The van der Waals surface area contributed by atoms with E-state index in [9.17, 15) is 19.8 Å². The fourth-order valence-corrected chi connectivity index (χ4v) is 10.5. The van der Waals surface area contributed by atoms with E-state index in [0.717, 1.165) is 24.8 Å². The fourth-order valence-electron chi connectivity index (χ4n) is 10.5. The van der Waals surface area contributed by atoms with Gasteiger partial charge in [0.2, 0.25) is 0 Å². The molecule has 2 aliphatic carbocycles. The molecule has 1 saturated carbocycles. The Kier molecular flexibility index (Phi) is 13.4. The van der Waals surface area contributed by atoms with Gasteiger partial charge in [0.25, 0.3) is 0 Å². The van der Waals surface area contributed by atoms with E-state index in [4.69, 9.17) is 38.9 Å². The van der Waals surface area contributed by atoms with Gasteiger partial charge in [0.1, 0.15) is 29.8 Å². The number of ether oxygens (including phenoxy) is 7. The van der Waals surface area contributed by atoms with Crippen LogP contribution in [0, 0.1) is 23.7 Å². The highest BCUT2D eigenvalue weighted by Gasteiger charge is 2.60. The number of aliphatic hydroxyl groups is 2. The summed E-state index contributed by atoms with van der Waals surface area (Å²) < 4.78 is 45.3. The number of methoxy groups -OCH3 is 1. The van der Waals surface area contributed by atoms with Crippen LogP contribution in [-0.2, 0) is 38.0 Å². The number of carbonyl (C=O) groups is 2. The van der Waals surface area contributed by atoms with Crippen LogP contribution in [0.4, 0.5) is 4.79 Å². The summed E-state index contributed by atoms with van der Waals surface area (Å²) in [6.07, 6.45) is 14.0. The van der Waals surface area contributed by atoms with Crippen molar-refractivity contribution in [3.8, 4) is 0 Å². The molecule has 5 heterocycles. The van der Waals surface area contributed by atoms with Gasteiger partial charge in [-0.2, -0.15) is 5.10 Å². The minimum Gasteiger partial charge on any atom is -0.462 e. The zero-order valence-electron chi connectivity index (χ0n) is 35.0. The van der Waals surface area contributed by atoms with Gasteiger partial charge in [-0.15, -0.1) is 0 Å². The van der Waals surface area contributed by atoms with Gasteiger partial charge < -0.3 is 49.1 Å². The maximum atomic E-state index is 14.5. The Morgan fingerprint density at radius 1 is 1.07 bits per heavy atom. The first-order valence-corrected chi connectivity index (χ1v) is 21.5. The first kappa shape index (κ1) is 43.1. The number of aliphatic hydroxyl groups excluding tert-OH is 1. The first-order chi connectivity index (χ1) is 27.7. The second-order valence-corrected chi connectivity index (χ2v) is 17.9. The summed E-state index contributed by atoms with van der Waals surface area (Å²) in [5.74, 6) is -1.98. The standard InChI is InChI=1S/C44H65N3O11/c1-24-11-10-14-30-23-53-40-36(46-47-42(45)50)27(4)19-33(44(30,40)51)41(49)55-32-20-31(16-15-25(2)38(24)56-35-21-34(52-6)37(48)28(5)54-35)57-43(22-32)18-17-26(3)39(58-43)29-12-8-7-9-13-29/h10-11,14-15,19,24,26,28-29,31-35,37-40,48,51H,7-9,12-13,16-18,20-23H2,1-6H3,(H3,45,47,50)/b11-10+,25-15+,30-14+,46-36-/t24-,26-,28-,31+,32-,33-,34-,35-,37-,38-,39-,40+,43+,44+/m0/s1. The monoisotopic (exact) mass is 811 g/mol. The number of fused-ring (bicyclic) bond motifs is 2. The Hall–Kier alpha value is -2.95. The van der Waals surface area contributed by atoms with Crippen LogP contribution in [0.3, 0.4) is 0 Å². The third-order valence-electron chi connectivity index (χ3n) is 13.7. The van der Waals surface area contributed by atoms with Crippen molar-refractivity contribution in [2.45, 2.75) is 172 Å². The Morgan fingerprint density at radius 3 is 2.59 bits per heavy atom. The molecule has 322 valence electrons. The van der Waals surface area contributed by atoms with E-state index < -0.39 is 72.2 Å². The molecule has 5 aliphatic heterocycles. The minimum atomic E-state index is -1.88. The maximum absolute atomic E-state index is 14.5. The lowest BCUT2D eigenvalue weighted by molar-refractivity contribution is -0.342. The lowest BCUT2D eigenvalue weighted by Crippen LogP contribution is -2.58. The van der Waals surface area contributed by atoms with Crippen LogP contribution < -0.4 is 11.2 Å². The van der Waals surface area contributed by atoms with Gasteiger partial charge in [-0.3, -0.25) is 4.79 Å². The van der Waals surface area contributed by atoms with E-state index >= 15 is 0 Å². The molecular formula is C44H65N3O11. The number of nitrogens with zero attached hydrogens (tertiary/aromatic N) is 1. The number of hydrogen-bond acceptors (Lipinski definition) is 12. The lowest BCUT2D eigenvalue weighted by Gasteiger charge is -2.51. The summed E-state index contributed by atoms with van der Waals surface area (Å²) in [5.41, 5.74) is 7.99. The van der Waals surface area contributed by atoms with Crippen molar-refractivity contribution in [3.05, 3.63) is 47.1 Å². The van der Waals surface area contributed by atoms with Gasteiger partial charge in [-0.1, -0.05) is 63.5 Å². The number of hydrazone groups is 1. The van der Waals surface area contributed by atoms with Gasteiger partial charge in [-0.05, 0) is 75.0 Å². The largest absolute Gasteiger partial charge is 0.462 e. The number of urea groups is 1. The molecule has 5 N–H and O–H groups in total. The predicted molar refractivity (Wildman–Crippen MR) is 214 cm³/mol. The second-order valence-electron chi connectivity index (χ2n) is 17.9. The van der Waals surface area contributed by atoms with Crippen molar-refractivity contribution in [1.82, 2.24) is 5.43 Å². The topological polar surface area (TPSA) is 190 Å². The normalized spacial score (nSPS) is 45.9. The number of primary amides is 1. The third kappa shape index (κ3) is 8.90. The fraction of sp³-hybridized carbons (Fsp3) is 0.750. The minimum absolute atomic E-state index is 0.00477. The SMILES string of the molecule is CO[C@H]1C[C@H](O[C@@H]2/C(C)=C/C[C@@H]3C[C@@H](C[C@]4(CC[C@H](C)[C@@H](C5CCCCC5)O4)O3)OC(=O)[C@@H]3C=C(C)/C(=N/NC(N)=O)[C@H]4OC/C(=C\C=C\[C@@H]2C)[C@]43O)O[C@@H](C)[C@@H]1O. The molecule has 0 aromatic rings. The van der Waals surface area contributed by atoms with Crippen LogP contribution in [-0.4, -0.2) is 108 Å². The molecule has 0 aromatic heterocycles. The molecule has 58 heavy (non-hydrogen) atoms. The van der Waals surface area contributed by atoms with Gasteiger partial charge in [0.05, 0.1) is 42.8 Å². The van der Waals surface area contributed by atoms with Crippen molar-refractivity contribution >= 4 is 17.7 Å². The van der Waals surface area contributed by atoms with Gasteiger partial charge in [0, 0.05) is 38.7 Å². The molecule has 14 atom stereocenters. The van der Waals surface area contributed by atoms with E-state index in [1.54, 1.807) is 26.2 Å². The van der Waals surface area contributed by atoms with Crippen molar-refractivity contribution in [2.24, 2.45) is 34.5 Å². The Balaban J connectivity index is 1.26. The molecule has 4 saturated heterocycles. The zero-order valence-corrected chi connectivity index (χ0v) is 35.0. The third-order valence-corrected chi connectivity index (χ3v) is 13.7. The molecule has 1 spiro atoms. The molecule has 14 nitrogen and oxygen atoms in total. The smallest absolute Gasteiger partial charge is 0.332 e. The van der Waals surface area contributed by atoms with Gasteiger partial charge in [0.15, 0.2) is 12.1 Å². The number of hydrogen-bond donors (Lipinski definition) is 4. The number of nitrogens with two attached hydrogens (primary N) is 1. The summed E-state index contributed by atoms with van der Waals surface area (Å²) in [6.45, 7) is 9.94. The van der Waals surface area contributed by atoms with E-state index in [2.05, 4.69) is 30.5 Å². The molecule has 2 amide bonds. The molecular weight excluding hydrogens is 746 g/mol. The summed E-state index contributed by atoms with van der Waals surface area (Å²) in [6, 6.07) is -0.867. The lowest BCUT2D eigenvalue weighted by atomic mass is 9.71. The molecule has 0 unspecified atom stereocenters. The van der Waals surface area contributed by atoms with Crippen LogP contribution in [0.25, 0.3) is 0 Å². The number of esters is 1. The molecule has 7 rings (SSSR count). The van der Waals surface area contributed by atoms with Crippen LogP contribution in [0.2, 0.25) is 0 Å². The van der Waals surface area contributed by atoms with Crippen LogP contribution in [0.15, 0.2) is 52.2 Å². The molecule has 7 aliphatic rings. The average Bonchev–Trinajstić information content (AvgIpc) is 3.53. The summed E-state index contributed by atoms with van der Waals surface area (Å²) in [5, 5.41) is 27.6. The maximum Gasteiger partial charge on any atom is 0.332 e. The van der Waals surface area contributed by atoms with Crippen LogP contribution in [0.5, 0.6) is 0 Å². The van der Waals surface area contributed by atoms with E-state index in [-0.39, 0.29) is 30.4 Å². The van der Waals surface area contributed by atoms with E-state index in [1.807, 2.05) is 26.0 Å². The second kappa shape index (κ2) is 18.0. The molecule has 0 aromatic carbocycles. The van der Waals surface area contributed by atoms with E-state index in [0.29, 0.717) is 55.1 Å². The van der Waals surface area contributed by atoms with Crippen molar-refractivity contribution < 1.29 is 53.0 Å². The number of nitrogens with one attached hydrogen (secondary N) is 1. The molecule has 14 heteroatoms. The summed E-state index contributed by atoms with van der Waals surface area (Å²) in [7, 11) is 1.58. The van der Waals surface area contributed by atoms with Crippen molar-refractivity contribution in [2.75, 3.05) is 13.7 Å². The van der Waals surface area contributed by atoms with Gasteiger partial charge in [-0.25, -0.2) is 10.2 Å². The summed E-state index contributed by atoms with van der Waals surface area (Å²) in [4.78, 5) is 26.2. The molecule has 5 fully saturated rings. The Bertz CT molecular complexity index is 1670. The number of allylic oxidation sites excluding steroid dienone is 2. The Morgan fingerprint density at radius 2 is 1.84 bits per heavy atom. The van der Waals surface area contributed by atoms with Crippen molar-refractivity contribution in [3.63, 3.8) is 0 Å². The highest BCUT2D eigenvalue weighted by Crippen LogP contribution is 2.48. The Labute approximate surface area is 342 Å². The quantitative estimate of drug-likeness (QED) is 0.161. The highest BCUT2D eigenvalue weighted by molar-refractivity contribution is 6.07. The first-order valence-electron chi connectivity index (χ1n) is 21.5.